The molecule has 0 aliphatic carbocycles. The zero-order valence-corrected chi connectivity index (χ0v) is 34.8. The maximum absolute atomic E-state index is 12.5. The number of carbonyl (C=O) groups excluding carboxylic acids is 2. The Hall–Kier alpha value is -4.76. The normalized spacial score (nSPS) is 25.6. The van der Waals surface area contributed by atoms with E-state index < -0.39 is 86.7 Å². The van der Waals surface area contributed by atoms with Gasteiger partial charge in [-0.05, 0) is 59.7 Å². The first-order chi connectivity index (χ1) is 30.9. The summed E-state index contributed by atoms with van der Waals surface area (Å²) in [5.74, 6) is 1.11. The molecule has 5 rings (SSSR count). The zero-order chi connectivity index (χ0) is 45.8. The van der Waals surface area contributed by atoms with Crippen molar-refractivity contribution in [3.05, 3.63) is 83.9 Å². The summed E-state index contributed by atoms with van der Waals surface area (Å²) in [6.45, 7) is 0.679. The maximum atomic E-state index is 12.5. The van der Waals surface area contributed by atoms with Crippen LogP contribution < -0.4 is 30.7 Å². The summed E-state index contributed by atoms with van der Waals surface area (Å²) in [5.41, 5.74) is 2.81. The molecule has 3 aromatic carbocycles. The smallest absolute Gasteiger partial charge is 0.319 e. The number of rotatable bonds is 24. The number of anilines is 2. The van der Waals surface area contributed by atoms with Gasteiger partial charge in [0.25, 0.3) is 0 Å². The Morgan fingerprint density at radius 1 is 0.469 bits per heavy atom. The van der Waals surface area contributed by atoms with Crippen molar-refractivity contribution in [2.45, 2.75) is 74.5 Å². The molecule has 12 N–H and O–H groups in total. The summed E-state index contributed by atoms with van der Waals surface area (Å²) in [4.78, 5) is 25.0. The molecule has 22 nitrogen and oxygen atoms in total. The van der Waals surface area contributed by atoms with Crippen LogP contribution in [0.4, 0.5) is 21.0 Å². The van der Waals surface area contributed by atoms with E-state index in [1.807, 2.05) is 24.3 Å². The molecule has 0 bridgehead atoms. The highest BCUT2D eigenvalue weighted by Gasteiger charge is 2.45. The van der Waals surface area contributed by atoms with E-state index in [0.29, 0.717) is 22.9 Å². The fourth-order valence-electron chi connectivity index (χ4n) is 6.26. The van der Waals surface area contributed by atoms with Crippen LogP contribution in [0.1, 0.15) is 11.1 Å². The van der Waals surface area contributed by atoms with Gasteiger partial charge >= 0.3 is 12.1 Å². The molecular formula is C42H58N4O18. The Balaban J connectivity index is 0.871. The number of urea groups is 2. The summed E-state index contributed by atoms with van der Waals surface area (Å²) >= 11 is 0. The molecule has 0 spiro atoms. The summed E-state index contributed by atoms with van der Waals surface area (Å²) in [5, 5.41) is 88.9. The van der Waals surface area contributed by atoms with Gasteiger partial charge in [0.2, 0.25) is 0 Å². The van der Waals surface area contributed by atoms with Crippen LogP contribution in [0.3, 0.4) is 0 Å². The molecule has 4 amide bonds. The average molecular weight is 907 g/mol. The third-order valence-corrected chi connectivity index (χ3v) is 9.86. The van der Waals surface area contributed by atoms with Gasteiger partial charge in [-0.15, -0.1) is 0 Å². The van der Waals surface area contributed by atoms with E-state index in [2.05, 4.69) is 21.3 Å². The highest BCUT2D eigenvalue weighted by Crippen LogP contribution is 2.23. The van der Waals surface area contributed by atoms with Gasteiger partial charge in [0.05, 0.1) is 52.9 Å². The summed E-state index contributed by atoms with van der Waals surface area (Å²) in [6, 6.07) is 20.1. The van der Waals surface area contributed by atoms with Gasteiger partial charge in [0, 0.05) is 24.5 Å². The van der Waals surface area contributed by atoms with Gasteiger partial charge < -0.3 is 100 Å². The predicted molar refractivity (Wildman–Crippen MR) is 223 cm³/mol. The Labute approximate surface area is 368 Å². The Morgan fingerprint density at radius 2 is 0.828 bits per heavy atom. The van der Waals surface area contributed by atoms with Crippen molar-refractivity contribution in [3.8, 4) is 11.5 Å². The molecule has 0 radical (unpaired) electrons. The lowest BCUT2D eigenvalue weighted by atomic mass is 9.99. The van der Waals surface area contributed by atoms with Gasteiger partial charge in [0.1, 0.15) is 73.5 Å². The Bertz CT molecular complexity index is 1680. The molecule has 354 valence electrons. The number of ether oxygens (including phenoxy) is 8. The van der Waals surface area contributed by atoms with E-state index in [4.69, 9.17) is 37.9 Å². The molecule has 22 heteroatoms. The molecule has 2 fully saturated rings. The standard InChI is InChI=1S/C42H58N4O18/c47-23-31-33(49)35(51)37(53)39(63-31)61-19-15-57-13-17-59-29-9-5-27(6-10-29)45-41(55)43-21-25-1-2-26(4-3-25)22-44-42(56)46-28-7-11-30(12-8-28)60-18-14-58-16-20-62-40-38(54)36(52)34(50)32(24-48)64-40/h1-12,31-40,47-54H,13-24H2,(H2,43,45,55)(H2,44,46,56)/t31-,32-,33-,34-,35+,36+,37-,38-,39-,40-/m1/s1. The minimum Gasteiger partial charge on any atom is -0.491 e. The fourth-order valence-corrected chi connectivity index (χ4v) is 6.26. The first-order valence-electron chi connectivity index (χ1n) is 20.6. The molecule has 2 heterocycles. The van der Waals surface area contributed by atoms with Crippen LogP contribution in [0.2, 0.25) is 0 Å². The quantitative estimate of drug-likeness (QED) is 0.0468. The van der Waals surface area contributed by atoms with Gasteiger partial charge in [-0.25, -0.2) is 9.59 Å². The highest BCUT2D eigenvalue weighted by molar-refractivity contribution is 5.89. The second kappa shape index (κ2) is 26.3. The highest BCUT2D eigenvalue weighted by atomic mass is 16.7. The number of benzene rings is 3. The number of aliphatic hydroxyl groups excluding tert-OH is 8. The predicted octanol–water partition coefficient (Wildman–Crippen LogP) is -1.25. The maximum Gasteiger partial charge on any atom is 0.319 e. The summed E-state index contributed by atoms with van der Waals surface area (Å²) in [7, 11) is 0. The average Bonchev–Trinajstić information content (AvgIpc) is 3.30. The van der Waals surface area contributed by atoms with Gasteiger partial charge in [0.15, 0.2) is 12.6 Å². The van der Waals surface area contributed by atoms with E-state index in [-0.39, 0.29) is 65.9 Å². The molecule has 0 unspecified atom stereocenters. The van der Waals surface area contributed by atoms with Crippen molar-refractivity contribution in [3.63, 3.8) is 0 Å². The monoisotopic (exact) mass is 906 g/mol. The van der Waals surface area contributed by atoms with Crippen LogP contribution in [-0.4, -0.2) is 180 Å². The van der Waals surface area contributed by atoms with E-state index in [1.54, 1.807) is 48.5 Å². The third kappa shape index (κ3) is 15.7. The fraction of sp³-hybridized carbons (Fsp3) is 0.524. The van der Waals surface area contributed by atoms with Gasteiger partial charge in [-0.1, -0.05) is 24.3 Å². The molecule has 2 saturated heterocycles. The number of nitrogens with one attached hydrogen (secondary N) is 4. The van der Waals surface area contributed by atoms with Gasteiger partial charge in [-0.3, -0.25) is 0 Å². The minimum atomic E-state index is -1.52. The SMILES string of the molecule is O=C(NCc1ccc(CNC(=O)Nc2ccc(OCCOCCO[C@@H]3O[C@H](CO)[C@@H](O)[C@H](O)[C@H]3O)cc2)cc1)Nc1ccc(OCCOCCO[C@@H]2O[C@H](CO)[C@@H](O)[C@H](O)[C@H]2O)cc1. The Kier molecular flexibility index (Phi) is 20.6. The summed E-state index contributed by atoms with van der Waals surface area (Å²) < 4.78 is 43.5. The first-order valence-corrected chi connectivity index (χ1v) is 20.6. The second-order valence-electron chi connectivity index (χ2n) is 14.5. The van der Waals surface area contributed by atoms with Crippen LogP contribution in [0.5, 0.6) is 11.5 Å². The molecule has 0 saturated carbocycles. The van der Waals surface area contributed by atoms with Crippen LogP contribution in [0.15, 0.2) is 72.8 Å². The van der Waals surface area contributed by atoms with Gasteiger partial charge in [-0.2, -0.15) is 0 Å². The molecular weight excluding hydrogens is 848 g/mol. The number of hydrogen-bond acceptors (Lipinski definition) is 18. The van der Waals surface area contributed by atoms with Crippen LogP contribution in [0, 0.1) is 0 Å². The number of carbonyl (C=O) groups is 2. The molecule has 3 aromatic rings. The van der Waals surface area contributed by atoms with Crippen LogP contribution in [-0.2, 0) is 41.5 Å². The number of hydrogen-bond donors (Lipinski definition) is 12. The van der Waals surface area contributed by atoms with Crippen molar-refractivity contribution in [2.24, 2.45) is 0 Å². The van der Waals surface area contributed by atoms with Crippen LogP contribution >= 0.6 is 0 Å². The lowest BCUT2D eigenvalue weighted by molar-refractivity contribution is -0.302. The van der Waals surface area contributed by atoms with Crippen molar-refractivity contribution in [2.75, 3.05) is 76.7 Å². The van der Waals surface area contributed by atoms with Crippen molar-refractivity contribution in [1.82, 2.24) is 10.6 Å². The van der Waals surface area contributed by atoms with Crippen molar-refractivity contribution in [1.29, 1.82) is 0 Å². The molecule has 2 aliphatic heterocycles. The van der Waals surface area contributed by atoms with E-state index in [1.165, 1.54) is 0 Å². The van der Waals surface area contributed by atoms with E-state index >= 15 is 0 Å². The molecule has 0 aromatic heterocycles. The lowest BCUT2D eigenvalue weighted by Crippen LogP contribution is -2.59. The number of aliphatic hydroxyl groups is 8. The lowest BCUT2D eigenvalue weighted by Gasteiger charge is -2.39. The largest absolute Gasteiger partial charge is 0.491 e. The number of amides is 4. The molecule has 10 atom stereocenters. The molecule has 2 aliphatic rings. The summed E-state index contributed by atoms with van der Waals surface area (Å²) in [6.07, 6.45) is -13.5. The topological polar surface area (TPSA) is 318 Å². The van der Waals surface area contributed by atoms with E-state index in [0.717, 1.165) is 11.1 Å². The Morgan fingerprint density at radius 3 is 1.19 bits per heavy atom. The first kappa shape index (κ1) is 50.2. The van der Waals surface area contributed by atoms with Crippen molar-refractivity contribution >= 4 is 23.4 Å². The zero-order valence-electron chi connectivity index (χ0n) is 34.8. The van der Waals surface area contributed by atoms with E-state index in [9.17, 15) is 50.4 Å². The van der Waals surface area contributed by atoms with Crippen LogP contribution in [0.25, 0.3) is 0 Å². The molecule has 64 heavy (non-hydrogen) atoms. The van der Waals surface area contributed by atoms with Crippen molar-refractivity contribution < 1.29 is 88.3 Å². The second-order valence-corrected chi connectivity index (χ2v) is 14.5. The minimum absolute atomic E-state index is 0.0249. The third-order valence-electron chi connectivity index (χ3n) is 9.86.